The van der Waals surface area contributed by atoms with E-state index >= 15 is 0 Å². The highest BCUT2D eigenvalue weighted by Gasteiger charge is 2.28. The first-order valence-electron chi connectivity index (χ1n) is 10.6. The Morgan fingerprint density at radius 2 is 1.83 bits per heavy atom. The SMILES string of the molecule is O=C(Nc1ccccc1)C1CCN(c2ncnc3c2nc2n3CCCCC2)CC1. The lowest BCUT2D eigenvalue weighted by molar-refractivity contribution is -0.120. The minimum absolute atomic E-state index is 0.0301. The fourth-order valence-electron chi connectivity index (χ4n) is 4.48. The van der Waals surface area contributed by atoms with Crippen molar-refractivity contribution in [1.29, 1.82) is 0 Å². The van der Waals surface area contributed by atoms with Gasteiger partial charge in [0.2, 0.25) is 5.91 Å². The lowest BCUT2D eigenvalue weighted by Gasteiger charge is -2.32. The highest BCUT2D eigenvalue weighted by molar-refractivity contribution is 5.92. The molecule has 1 amide bonds. The molecule has 5 rings (SSSR count). The zero-order chi connectivity index (χ0) is 19.6. The van der Waals surface area contributed by atoms with E-state index < -0.39 is 0 Å². The van der Waals surface area contributed by atoms with Crippen LogP contribution in [-0.2, 0) is 17.8 Å². The van der Waals surface area contributed by atoms with Crippen LogP contribution in [0.4, 0.5) is 11.5 Å². The Bertz CT molecular complexity index is 1010. The van der Waals surface area contributed by atoms with Crippen LogP contribution in [0.1, 0.15) is 37.9 Å². The summed E-state index contributed by atoms with van der Waals surface area (Å²) >= 11 is 0. The van der Waals surface area contributed by atoms with Crippen LogP contribution < -0.4 is 10.2 Å². The van der Waals surface area contributed by atoms with Crippen molar-refractivity contribution in [2.45, 2.75) is 45.1 Å². The third-order valence-corrected chi connectivity index (χ3v) is 6.08. The molecular weight excluding hydrogens is 364 g/mol. The number of hydrogen-bond donors (Lipinski definition) is 1. The molecule has 2 aliphatic heterocycles. The summed E-state index contributed by atoms with van der Waals surface area (Å²) in [5.41, 5.74) is 2.73. The third-order valence-electron chi connectivity index (χ3n) is 6.08. The molecule has 2 aromatic heterocycles. The first-order valence-corrected chi connectivity index (χ1v) is 10.6. The number of aryl methyl sites for hydroxylation is 2. The maximum Gasteiger partial charge on any atom is 0.227 e. The van der Waals surface area contributed by atoms with Crippen LogP contribution in [0.15, 0.2) is 36.7 Å². The Labute approximate surface area is 170 Å². The number of nitrogens with zero attached hydrogens (tertiary/aromatic N) is 5. The van der Waals surface area contributed by atoms with Gasteiger partial charge in [0.1, 0.15) is 12.2 Å². The molecule has 1 N–H and O–H groups in total. The molecule has 0 saturated carbocycles. The lowest BCUT2D eigenvalue weighted by atomic mass is 9.95. The lowest BCUT2D eigenvalue weighted by Crippen LogP contribution is -2.38. The van der Waals surface area contributed by atoms with Crippen LogP contribution in [0.5, 0.6) is 0 Å². The van der Waals surface area contributed by atoms with Gasteiger partial charge in [-0.2, -0.15) is 0 Å². The number of fused-ring (bicyclic) bond motifs is 3. The summed E-state index contributed by atoms with van der Waals surface area (Å²) < 4.78 is 2.27. The van der Waals surface area contributed by atoms with Gasteiger partial charge in [0.25, 0.3) is 0 Å². The number of carbonyl (C=O) groups is 1. The van der Waals surface area contributed by atoms with Crippen molar-refractivity contribution in [2.24, 2.45) is 5.92 Å². The van der Waals surface area contributed by atoms with Gasteiger partial charge in [-0.1, -0.05) is 24.6 Å². The number of nitrogens with one attached hydrogen (secondary N) is 1. The number of aromatic nitrogens is 4. The van der Waals surface area contributed by atoms with Crippen molar-refractivity contribution in [3.63, 3.8) is 0 Å². The molecule has 7 heteroatoms. The summed E-state index contributed by atoms with van der Waals surface area (Å²) in [4.78, 5) is 28.9. The van der Waals surface area contributed by atoms with Crippen LogP contribution in [0.3, 0.4) is 0 Å². The predicted octanol–water partition coefficient (Wildman–Crippen LogP) is 3.41. The molecule has 1 aromatic carbocycles. The topological polar surface area (TPSA) is 75.9 Å². The minimum atomic E-state index is 0.0301. The molecule has 0 aliphatic carbocycles. The van der Waals surface area contributed by atoms with Crippen molar-refractivity contribution in [2.75, 3.05) is 23.3 Å². The van der Waals surface area contributed by atoms with Crippen LogP contribution in [0.2, 0.25) is 0 Å². The molecule has 0 bridgehead atoms. The van der Waals surface area contributed by atoms with E-state index in [1.165, 1.54) is 19.3 Å². The number of amides is 1. The second kappa shape index (κ2) is 7.81. The van der Waals surface area contributed by atoms with Crippen molar-refractivity contribution in [3.8, 4) is 0 Å². The van der Waals surface area contributed by atoms with Gasteiger partial charge in [-0.3, -0.25) is 4.79 Å². The molecule has 0 spiro atoms. The molecule has 0 unspecified atom stereocenters. The van der Waals surface area contributed by atoms with Crippen molar-refractivity contribution in [3.05, 3.63) is 42.5 Å². The second-order valence-corrected chi connectivity index (χ2v) is 7.98. The van der Waals surface area contributed by atoms with Crippen molar-refractivity contribution >= 4 is 28.6 Å². The standard InChI is InChI=1S/C22H26N6O/c29-22(25-17-7-3-1-4-8-17)16-10-13-27(14-11-16)20-19-21(24-15-23-20)28-12-6-2-5-9-18(28)26-19/h1,3-4,7-8,15-16H,2,5-6,9-14H2,(H,25,29). The zero-order valence-corrected chi connectivity index (χ0v) is 16.5. The molecular formula is C22H26N6O. The highest BCUT2D eigenvalue weighted by atomic mass is 16.1. The number of hydrogen-bond acceptors (Lipinski definition) is 5. The molecule has 150 valence electrons. The van der Waals surface area contributed by atoms with Gasteiger partial charge in [-0.15, -0.1) is 0 Å². The third kappa shape index (κ3) is 3.57. The van der Waals surface area contributed by atoms with E-state index in [-0.39, 0.29) is 11.8 Å². The second-order valence-electron chi connectivity index (χ2n) is 7.98. The summed E-state index contributed by atoms with van der Waals surface area (Å²) in [6.45, 7) is 2.60. The average molecular weight is 390 g/mol. The average Bonchev–Trinajstić information content (AvgIpc) is 2.95. The molecule has 7 nitrogen and oxygen atoms in total. The highest BCUT2D eigenvalue weighted by Crippen LogP contribution is 2.29. The number of para-hydroxylation sites is 1. The summed E-state index contributed by atoms with van der Waals surface area (Å²) in [5, 5.41) is 3.04. The van der Waals surface area contributed by atoms with Gasteiger partial charge in [0.15, 0.2) is 17.0 Å². The number of benzene rings is 1. The van der Waals surface area contributed by atoms with E-state index in [4.69, 9.17) is 4.98 Å². The maximum absolute atomic E-state index is 12.6. The van der Waals surface area contributed by atoms with E-state index in [9.17, 15) is 4.79 Å². The number of rotatable bonds is 3. The van der Waals surface area contributed by atoms with Gasteiger partial charge in [0.05, 0.1) is 0 Å². The monoisotopic (exact) mass is 390 g/mol. The van der Waals surface area contributed by atoms with Gasteiger partial charge < -0.3 is 14.8 Å². The molecule has 4 heterocycles. The number of imidazole rings is 1. The molecule has 0 radical (unpaired) electrons. The molecule has 2 aliphatic rings. The molecule has 1 saturated heterocycles. The fraction of sp³-hybridized carbons (Fsp3) is 0.455. The number of anilines is 2. The molecule has 3 aromatic rings. The normalized spacial score (nSPS) is 17.7. The van der Waals surface area contributed by atoms with Crippen LogP contribution in [0, 0.1) is 5.92 Å². The quantitative estimate of drug-likeness (QED) is 0.742. The first-order chi connectivity index (χ1) is 14.3. The van der Waals surface area contributed by atoms with E-state index in [0.29, 0.717) is 0 Å². The van der Waals surface area contributed by atoms with Crippen LogP contribution in [-0.4, -0.2) is 38.5 Å². The summed E-state index contributed by atoms with van der Waals surface area (Å²) in [6.07, 6.45) is 7.92. The van der Waals surface area contributed by atoms with Gasteiger partial charge in [-0.05, 0) is 37.8 Å². The number of carbonyl (C=O) groups excluding carboxylic acids is 1. The van der Waals surface area contributed by atoms with E-state index in [1.807, 2.05) is 30.3 Å². The molecule has 1 fully saturated rings. The Kier molecular flexibility index (Phi) is 4.87. The van der Waals surface area contributed by atoms with Gasteiger partial charge in [0, 0.05) is 37.7 Å². The smallest absolute Gasteiger partial charge is 0.227 e. The van der Waals surface area contributed by atoms with Gasteiger partial charge >= 0.3 is 0 Å². The van der Waals surface area contributed by atoms with Crippen molar-refractivity contribution < 1.29 is 4.79 Å². The van der Waals surface area contributed by atoms with Crippen molar-refractivity contribution in [1.82, 2.24) is 19.5 Å². The Hall–Kier alpha value is -2.96. The summed E-state index contributed by atoms with van der Waals surface area (Å²) in [6, 6.07) is 9.67. The van der Waals surface area contributed by atoms with E-state index in [2.05, 4.69) is 24.8 Å². The summed E-state index contributed by atoms with van der Waals surface area (Å²) in [5.74, 6) is 2.19. The number of piperidine rings is 1. The predicted molar refractivity (Wildman–Crippen MR) is 113 cm³/mol. The first kappa shape index (κ1) is 18.1. The fourth-order valence-corrected chi connectivity index (χ4v) is 4.48. The zero-order valence-electron chi connectivity index (χ0n) is 16.5. The Morgan fingerprint density at radius 1 is 1.00 bits per heavy atom. The minimum Gasteiger partial charge on any atom is -0.355 e. The molecule has 0 atom stereocenters. The van der Waals surface area contributed by atoms with Crippen LogP contribution >= 0.6 is 0 Å². The maximum atomic E-state index is 12.6. The van der Waals surface area contributed by atoms with Crippen LogP contribution in [0.25, 0.3) is 11.2 Å². The van der Waals surface area contributed by atoms with Gasteiger partial charge in [-0.25, -0.2) is 15.0 Å². The Morgan fingerprint density at radius 3 is 2.66 bits per heavy atom. The largest absolute Gasteiger partial charge is 0.355 e. The summed E-state index contributed by atoms with van der Waals surface area (Å²) in [7, 11) is 0. The Balaban J connectivity index is 1.31. The van der Waals surface area contributed by atoms with E-state index in [0.717, 1.165) is 67.4 Å². The van der Waals surface area contributed by atoms with E-state index in [1.54, 1.807) is 6.33 Å². The molecule has 29 heavy (non-hydrogen) atoms.